The molecule has 1 aromatic rings. The van der Waals surface area contributed by atoms with Gasteiger partial charge in [0.1, 0.15) is 6.04 Å². The number of rotatable bonds is 14. The average molecular weight is 410 g/mol. The van der Waals surface area contributed by atoms with Crippen molar-refractivity contribution in [3.63, 3.8) is 0 Å². The smallest absolute Gasteiger partial charge is 0.246 e. The highest BCUT2D eigenvalue weighted by Gasteiger charge is 2.16. The zero-order valence-corrected chi connectivity index (χ0v) is 16.6. The van der Waals surface area contributed by atoms with E-state index < -0.39 is 17.9 Å². The summed E-state index contributed by atoms with van der Waals surface area (Å²) >= 11 is 0. The van der Waals surface area contributed by atoms with Crippen molar-refractivity contribution in [2.75, 3.05) is 44.8 Å². The van der Waals surface area contributed by atoms with E-state index in [9.17, 15) is 14.4 Å². The minimum atomic E-state index is -0.784. The van der Waals surface area contributed by atoms with Gasteiger partial charge < -0.3 is 36.3 Å². The molecule has 162 valence electrons. The molecule has 0 aliphatic rings. The second kappa shape index (κ2) is 14.5. The number of aliphatic hydroxyl groups excluding tert-OH is 1. The topological polar surface area (TPSA) is 152 Å². The van der Waals surface area contributed by atoms with Crippen molar-refractivity contribution < 1.29 is 29.0 Å². The van der Waals surface area contributed by atoms with Crippen LogP contribution in [0.25, 0.3) is 0 Å². The van der Waals surface area contributed by atoms with Crippen LogP contribution in [-0.2, 0) is 30.5 Å². The Hall–Kier alpha value is -2.53. The van der Waals surface area contributed by atoms with E-state index in [1.54, 1.807) is 24.3 Å². The molecule has 1 aromatic carbocycles. The highest BCUT2D eigenvalue weighted by molar-refractivity contribution is 5.97. The molecule has 0 aliphatic heterocycles. The van der Waals surface area contributed by atoms with Crippen LogP contribution in [0.5, 0.6) is 0 Å². The first-order valence-corrected chi connectivity index (χ1v) is 9.38. The first-order chi connectivity index (χ1) is 14.0. The number of anilines is 1. The van der Waals surface area contributed by atoms with Crippen LogP contribution in [0.2, 0.25) is 0 Å². The third-order valence-electron chi connectivity index (χ3n) is 3.73. The van der Waals surface area contributed by atoms with Gasteiger partial charge in [0.15, 0.2) is 0 Å². The Morgan fingerprint density at radius 1 is 1.03 bits per heavy atom. The molecule has 29 heavy (non-hydrogen) atoms. The molecule has 0 unspecified atom stereocenters. The maximum absolute atomic E-state index is 12.1. The number of benzene rings is 1. The Kier molecular flexibility index (Phi) is 12.2. The Morgan fingerprint density at radius 2 is 1.69 bits per heavy atom. The zero-order chi connectivity index (χ0) is 21.5. The molecule has 0 saturated heterocycles. The van der Waals surface area contributed by atoms with E-state index in [2.05, 4.69) is 16.0 Å². The van der Waals surface area contributed by atoms with Gasteiger partial charge in [0, 0.05) is 18.7 Å². The largest absolute Gasteiger partial charge is 0.392 e. The summed E-state index contributed by atoms with van der Waals surface area (Å²) in [4.78, 5) is 35.7. The van der Waals surface area contributed by atoms with Gasteiger partial charge in [-0.2, -0.15) is 0 Å². The van der Waals surface area contributed by atoms with Crippen LogP contribution in [0.4, 0.5) is 5.69 Å². The Morgan fingerprint density at radius 3 is 2.31 bits per heavy atom. The molecule has 0 aliphatic carbocycles. The fourth-order valence-electron chi connectivity index (χ4n) is 2.14. The second-order valence-electron chi connectivity index (χ2n) is 6.17. The number of hydrogen-bond donors (Lipinski definition) is 5. The summed E-state index contributed by atoms with van der Waals surface area (Å²) in [6.07, 6.45) is 0.115. The van der Waals surface area contributed by atoms with Gasteiger partial charge in [-0.05, 0) is 24.6 Å². The molecule has 10 heteroatoms. The van der Waals surface area contributed by atoms with Crippen molar-refractivity contribution in [2.45, 2.75) is 26.0 Å². The van der Waals surface area contributed by atoms with Crippen molar-refractivity contribution in [3.8, 4) is 0 Å². The summed E-state index contributed by atoms with van der Waals surface area (Å²) in [6.45, 7) is 3.12. The minimum absolute atomic E-state index is 0.0816. The van der Waals surface area contributed by atoms with Crippen molar-refractivity contribution in [1.82, 2.24) is 10.6 Å². The molecule has 6 N–H and O–H groups in total. The van der Waals surface area contributed by atoms with E-state index >= 15 is 0 Å². The molecule has 0 radical (unpaired) electrons. The monoisotopic (exact) mass is 410 g/mol. The summed E-state index contributed by atoms with van der Waals surface area (Å²) in [6, 6.07) is 5.90. The molecule has 0 fully saturated rings. The number of ether oxygens (including phenoxy) is 2. The van der Waals surface area contributed by atoms with Crippen LogP contribution in [-0.4, -0.2) is 68.4 Å². The Balaban J connectivity index is 2.18. The summed E-state index contributed by atoms with van der Waals surface area (Å²) in [5, 5.41) is 16.6. The van der Waals surface area contributed by atoms with Crippen LogP contribution in [0.1, 0.15) is 18.9 Å². The molecule has 3 amide bonds. The first kappa shape index (κ1) is 24.5. The standard InChI is InChI=1S/C19H30N4O6/c1-14(19(27)23-16-4-2-15(13-24)3-5-16)22-18(26)12-21-17(25)6-8-28-10-11-29-9-7-20/h2-5,14,24H,6-13,20H2,1H3,(H,21,25)(H,22,26)(H,23,27)/t14-/m0/s1. The predicted molar refractivity (Wildman–Crippen MR) is 107 cm³/mol. The van der Waals surface area contributed by atoms with Crippen molar-refractivity contribution >= 4 is 23.4 Å². The number of nitrogens with two attached hydrogens (primary N) is 1. The van der Waals surface area contributed by atoms with E-state index in [1.165, 1.54) is 6.92 Å². The van der Waals surface area contributed by atoms with Crippen molar-refractivity contribution in [2.24, 2.45) is 5.73 Å². The van der Waals surface area contributed by atoms with Crippen LogP contribution in [0.15, 0.2) is 24.3 Å². The molecule has 0 aromatic heterocycles. The lowest BCUT2D eigenvalue weighted by Gasteiger charge is -2.14. The third kappa shape index (κ3) is 11.2. The summed E-state index contributed by atoms with van der Waals surface area (Å²) in [5.74, 6) is -1.21. The predicted octanol–water partition coefficient (Wildman–Crippen LogP) is -0.880. The Labute approximate surface area is 170 Å². The fourth-order valence-corrected chi connectivity index (χ4v) is 2.14. The van der Waals surface area contributed by atoms with Gasteiger partial charge in [-0.15, -0.1) is 0 Å². The molecule has 10 nitrogen and oxygen atoms in total. The zero-order valence-electron chi connectivity index (χ0n) is 16.6. The van der Waals surface area contributed by atoms with E-state index in [0.29, 0.717) is 32.1 Å². The van der Waals surface area contributed by atoms with Gasteiger partial charge in [0.2, 0.25) is 17.7 Å². The quantitative estimate of drug-likeness (QED) is 0.250. The van der Waals surface area contributed by atoms with E-state index in [-0.39, 0.29) is 32.1 Å². The number of nitrogens with one attached hydrogen (secondary N) is 3. The number of carbonyl (C=O) groups excluding carboxylic acids is 3. The lowest BCUT2D eigenvalue weighted by atomic mass is 10.2. The van der Waals surface area contributed by atoms with Gasteiger partial charge >= 0.3 is 0 Å². The molecule has 0 spiro atoms. The summed E-state index contributed by atoms with van der Waals surface area (Å²) in [5.41, 5.74) is 6.55. The lowest BCUT2D eigenvalue weighted by molar-refractivity contribution is -0.128. The molecule has 0 bridgehead atoms. The van der Waals surface area contributed by atoms with Gasteiger partial charge in [0.25, 0.3) is 0 Å². The van der Waals surface area contributed by atoms with Crippen LogP contribution in [0, 0.1) is 0 Å². The molecule has 1 rings (SSSR count). The van der Waals surface area contributed by atoms with Gasteiger partial charge in [-0.25, -0.2) is 0 Å². The van der Waals surface area contributed by atoms with Gasteiger partial charge in [0.05, 0.1) is 39.6 Å². The SMILES string of the molecule is C[C@H](NC(=O)CNC(=O)CCOCCOCCN)C(=O)Nc1ccc(CO)cc1. The normalized spacial score (nSPS) is 11.6. The molecular weight excluding hydrogens is 380 g/mol. The number of hydrogen-bond acceptors (Lipinski definition) is 7. The van der Waals surface area contributed by atoms with E-state index in [4.69, 9.17) is 20.3 Å². The maximum atomic E-state index is 12.1. The van der Waals surface area contributed by atoms with E-state index in [1.807, 2.05) is 0 Å². The molecule has 1 atom stereocenters. The van der Waals surface area contributed by atoms with E-state index in [0.717, 1.165) is 5.56 Å². The number of aliphatic hydroxyl groups is 1. The highest BCUT2D eigenvalue weighted by atomic mass is 16.5. The average Bonchev–Trinajstić information content (AvgIpc) is 2.72. The summed E-state index contributed by atoms with van der Waals surface area (Å²) < 4.78 is 10.4. The van der Waals surface area contributed by atoms with Crippen LogP contribution in [0.3, 0.4) is 0 Å². The second-order valence-corrected chi connectivity index (χ2v) is 6.17. The van der Waals surface area contributed by atoms with Gasteiger partial charge in [-0.3, -0.25) is 14.4 Å². The molecule has 0 saturated carbocycles. The molecular formula is C19H30N4O6. The Bertz CT molecular complexity index is 638. The van der Waals surface area contributed by atoms with Crippen molar-refractivity contribution in [3.05, 3.63) is 29.8 Å². The minimum Gasteiger partial charge on any atom is -0.392 e. The van der Waals surface area contributed by atoms with Gasteiger partial charge in [-0.1, -0.05) is 12.1 Å². The lowest BCUT2D eigenvalue weighted by Crippen LogP contribution is -2.46. The fraction of sp³-hybridized carbons (Fsp3) is 0.526. The summed E-state index contributed by atoms with van der Waals surface area (Å²) in [7, 11) is 0. The van der Waals surface area contributed by atoms with Crippen LogP contribution >= 0.6 is 0 Å². The number of carbonyl (C=O) groups is 3. The van der Waals surface area contributed by atoms with Crippen LogP contribution < -0.4 is 21.7 Å². The number of amides is 3. The highest BCUT2D eigenvalue weighted by Crippen LogP contribution is 2.09. The maximum Gasteiger partial charge on any atom is 0.246 e. The first-order valence-electron chi connectivity index (χ1n) is 9.38. The van der Waals surface area contributed by atoms with Crippen molar-refractivity contribution in [1.29, 1.82) is 0 Å². The third-order valence-corrected chi connectivity index (χ3v) is 3.73. The molecule has 0 heterocycles.